The van der Waals surface area contributed by atoms with Gasteiger partial charge >= 0.3 is 18.0 Å². The second-order valence-electron chi connectivity index (χ2n) is 1.70. The molecule has 60 valence electrons. The first-order valence-electron chi connectivity index (χ1n) is 2.61. The van der Waals surface area contributed by atoms with Crippen LogP contribution in [-0.4, -0.2) is 23.2 Å². The first-order chi connectivity index (χ1) is 5.09. The molecule has 1 aliphatic rings. The number of hydroxylamine groups is 2. The van der Waals surface area contributed by atoms with Crippen LogP contribution in [0.1, 0.15) is 6.42 Å². The molecule has 0 atom stereocenters. The van der Waals surface area contributed by atoms with Gasteiger partial charge in [-0.15, -0.1) is 0 Å². The molecule has 0 unspecified atom stereocenters. The van der Waals surface area contributed by atoms with Crippen molar-refractivity contribution in [2.24, 2.45) is 5.73 Å². The number of nitrogens with two attached hydrogens (primary N) is 1. The molecule has 1 heterocycles. The molecule has 0 aliphatic carbocycles. The van der Waals surface area contributed by atoms with E-state index < -0.39 is 24.4 Å². The van der Waals surface area contributed by atoms with Crippen LogP contribution < -0.4 is 5.73 Å². The number of amides is 2. The van der Waals surface area contributed by atoms with Crippen LogP contribution in [0.4, 0.5) is 4.79 Å². The Kier molecular flexibility index (Phi) is 1.63. The van der Waals surface area contributed by atoms with Crippen molar-refractivity contribution in [3.63, 3.8) is 0 Å². The first kappa shape index (κ1) is 7.32. The minimum absolute atomic E-state index is 0.0359. The van der Waals surface area contributed by atoms with Crippen LogP contribution >= 0.6 is 0 Å². The van der Waals surface area contributed by atoms with Gasteiger partial charge in [0.2, 0.25) is 0 Å². The molecule has 1 saturated heterocycles. The van der Waals surface area contributed by atoms with E-state index in [9.17, 15) is 14.4 Å². The Hall–Kier alpha value is -1.79. The lowest BCUT2D eigenvalue weighted by molar-refractivity contribution is -0.302. The number of carbonyl (C=O) groups is 3. The molecule has 0 saturated carbocycles. The molecule has 0 spiro atoms. The molecule has 1 aliphatic heterocycles. The van der Waals surface area contributed by atoms with E-state index in [0.29, 0.717) is 0 Å². The second-order valence-corrected chi connectivity index (χ2v) is 1.70. The molecule has 11 heavy (non-hydrogen) atoms. The van der Waals surface area contributed by atoms with E-state index in [0.717, 1.165) is 0 Å². The predicted octanol–water partition coefficient (Wildman–Crippen LogP) is -1.31. The molecule has 7 nitrogen and oxygen atoms in total. The van der Waals surface area contributed by atoms with Crippen LogP contribution in [0.15, 0.2) is 0 Å². The van der Waals surface area contributed by atoms with Gasteiger partial charge in [-0.3, -0.25) is 0 Å². The maximum atomic E-state index is 10.4. The Balaban J connectivity index is 2.63. The number of rotatable bonds is 0. The highest BCUT2D eigenvalue weighted by molar-refractivity contribution is 5.93. The average Bonchev–Trinajstić information content (AvgIpc) is 1.85. The fraction of sp³-hybridized carbons (Fsp3) is 0.250. The minimum Gasteiger partial charge on any atom is -0.346 e. The SMILES string of the molecule is NC(=O)N1OC(=O)CC(=O)O1. The zero-order valence-corrected chi connectivity index (χ0v) is 5.27. The summed E-state index contributed by atoms with van der Waals surface area (Å²) in [7, 11) is 0. The van der Waals surface area contributed by atoms with Gasteiger partial charge in [-0.05, 0) is 0 Å². The fourth-order valence-corrected chi connectivity index (χ4v) is 0.476. The Morgan fingerprint density at radius 2 is 1.82 bits per heavy atom. The summed E-state index contributed by atoms with van der Waals surface area (Å²) in [5.41, 5.74) is 4.62. The molecule has 1 rings (SSSR count). The van der Waals surface area contributed by atoms with Crippen molar-refractivity contribution in [1.29, 1.82) is 0 Å². The van der Waals surface area contributed by atoms with Crippen LogP contribution in [0.25, 0.3) is 0 Å². The monoisotopic (exact) mass is 160 g/mol. The lowest BCUT2D eigenvalue weighted by Crippen LogP contribution is -2.43. The highest BCUT2D eigenvalue weighted by Crippen LogP contribution is 2.04. The summed E-state index contributed by atoms with van der Waals surface area (Å²) in [6.45, 7) is 0. The number of primary amides is 1. The van der Waals surface area contributed by atoms with E-state index >= 15 is 0 Å². The Morgan fingerprint density at radius 3 is 2.18 bits per heavy atom. The van der Waals surface area contributed by atoms with Crippen LogP contribution in [0.5, 0.6) is 0 Å². The standard InChI is InChI=1S/C4H4N2O5/c5-4(9)6-10-2(7)1-3(8)11-6/h1H2,(H2,5,9). The van der Waals surface area contributed by atoms with Crippen LogP contribution in [0, 0.1) is 0 Å². The molecule has 0 aromatic carbocycles. The molecule has 1 fully saturated rings. The van der Waals surface area contributed by atoms with Crippen LogP contribution in [0.3, 0.4) is 0 Å². The third-order valence-corrected chi connectivity index (χ3v) is 0.838. The average molecular weight is 160 g/mol. The van der Waals surface area contributed by atoms with Gasteiger partial charge in [0, 0.05) is 5.23 Å². The Bertz CT molecular complexity index is 209. The topological polar surface area (TPSA) is 98.9 Å². The summed E-state index contributed by atoms with van der Waals surface area (Å²) in [5, 5.41) is 0.0359. The van der Waals surface area contributed by atoms with E-state index in [1.807, 2.05) is 0 Å². The number of hydrogen-bond acceptors (Lipinski definition) is 5. The smallest absolute Gasteiger partial charge is 0.346 e. The van der Waals surface area contributed by atoms with Gasteiger partial charge in [0.15, 0.2) is 0 Å². The molecular weight excluding hydrogens is 156 g/mol. The van der Waals surface area contributed by atoms with Crippen LogP contribution in [0.2, 0.25) is 0 Å². The molecule has 0 aromatic rings. The van der Waals surface area contributed by atoms with Crippen molar-refractivity contribution in [1.82, 2.24) is 5.23 Å². The lowest BCUT2D eigenvalue weighted by Gasteiger charge is -2.19. The van der Waals surface area contributed by atoms with Gasteiger partial charge in [-0.2, -0.15) is 0 Å². The highest BCUT2D eigenvalue weighted by Gasteiger charge is 2.29. The van der Waals surface area contributed by atoms with Crippen LogP contribution in [-0.2, 0) is 19.3 Å². The zero-order chi connectivity index (χ0) is 8.43. The summed E-state index contributed by atoms with van der Waals surface area (Å²) in [6, 6.07) is -1.16. The largest absolute Gasteiger partial charge is 0.386 e. The molecule has 2 amide bonds. The van der Waals surface area contributed by atoms with E-state index in [2.05, 4.69) is 15.4 Å². The summed E-state index contributed by atoms with van der Waals surface area (Å²) in [6.07, 6.45) is -0.510. The van der Waals surface area contributed by atoms with E-state index in [-0.39, 0.29) is 5.23 Å². The number of urea groups is 1. The Labute approximate surface area is 60.5 Å². The molecule has 0 radical (unpaired) electrons. The first-order valence-corrected chi connectivity index (χ1v) is 2.61. The molecule has 7 heteroatoms. The third-order valence-electron chi connectivity index (χ3n) is 0.838. The van der Waals surface area contributed by atoms with Crippen molar-refractivity contribution >= 4 is 18.0 Å². The number of nitrogens with zero attached hydrogens (tertiary/aromatic N) is 1. The van der Waals surface area contributed by atoms with Gasteiger partial charge in [0.25, 0.3) is 0 Å². The van der Waals surface area contributed by atoms with Crippen molar-refractivity contribution in [2.45, 2.75) is 6.42 Å². The van der Waals surface area contributed by atoms with Crippen molar-refractivity contribution in [3.8, 4) is 0 Å². The predicted molar refractivity (Wildman–Crippen MR) is 28.2 cm³/mol. The van der Waals surface area contributed by atoms with Gasteiger partial charge in [0.1, 0.15) is 6.42 Å². The summed E-state index contributed by atoms with van der Waals surface area (Å²) >= 11 is 0. The Morgan fingerprint density at radius 1 is 1.36 bits per heavy atom. The van der Waals surface area contributed by atoms with E-state index in [1.54, 1.807) is 0 Å². The molecular formula is C4H4N2O5. The van der Waals surface area contributed by atoms with E-state index in [1.165, 1.54) is 0 Å². The fourth-order valence-electron chi connectivity index (χ4n) is 0.476. The summed E-state index contributed by atoms with van der Waals surface area (Å²) in [5.74, 6) is -1.75. The normalized spacial score (nSPS) is 17.3. The summed E-state index contributed by atoms with van der Waals surface area (Å²) in [4.78, 5) is 39.3. The van der Waals surface area contributed by atoms with Crippen molar-refractivity contribution in [3.05, 3.63) is 0 Å². The quantitative estimate of drug-likeness (QED) is 0.443. The van der Waals surface area contributed by atoms with Gasteiger partial charge < -0.3 is 15.4 Å². The highest BCUT2D eigenvalue weighted by atomic mass is 17.0. The van der Waals surface area contributed by atoms with Gasteiger partial charge in [0.05, 0.1) is 0 Å². The maximum Gasteiger partial charge on any atom is 0.386 e. The summed E-state index contributed by atoms with van der Waals surface area (Å²) < 4.78 is 0. The van der Waals surface area contributed by atoms with Crippen molar-refractivity contribution in [2.75, 3.05) is 0 Å². The third kappa shape index (κ3) is 1.57. The van der Waals surface area contributed by atoms with Gasteiger partial charge in [-0.25, -0.2) is 14.4 Å². The van der Waals surface area contributed by atoms with E-state index in [4.69, 9.17) is 0 Å². The minimum atomic E-state index is -1.16. The number of hydrogen-bond donors (Lipinski definition) is 1. The molecule has 0 bridgehead atoms. The van der Waals surface area contributed by atoms with Crippen molar-refractivity contribution < 1.29 is 24.1 Å². The second kappa shape index (κ2) is 2.45. The molecule has 0 aromatic heterocycles. The number of carbonyl (C=O) groups excluding carboxylic acids is 3. The maximum absolute atomic E-state index is 10.4. The van der Waals surface area contributed by atoms with Gasteiger partial charge in [-0.1, -0.05) is 0 Å². The molecule has 2 N–H and O–H groups in total. The zero-order valence-electron chi connectivity index (χ0n) is 5.27. The lowest BCUT2D eigenvalue weighted by atomic mass is 10.4.